The van der Waals surface area contributed by atoms with Gasteiger partial charge in [-0.2, -0.15) is 0 Å². The highest BCUT2D eigenvalue weighted by Gasteiger charge is 2.33. The van der Waals surface area contributed by atoms with E-state index in [0.717, 1.165) is 6.54 Å². The lowest BCUT2D eigenvalue weighted by Crippen LogP contribution is -2.38. The van der Waals surface area contributed by atoms with E-state index < -0.39 is 8.07 Å². The molecule has 0 aromatic rings. The molecule has 0 aromatic carbocycles. The van der Waals surface area contributed by atoms with Crippen molar-refractivity contribution >= 4 is 8.07 Å². The number of rotatable bonds is 2. The molecule has 0 saturated heterocycles. The van der Waals surface area contributed by atoms with Crippen molar-refractivity contribution < 1.29 is 0 Å². The van der Waals surface area contributed by atoms with Crippen molar-refractivity contribution in [2.45, 2.75) is 44.9 Å². The topological polar surface area (TPSA) is 26.0 Å². The predicted octanol–water partition coefficient (Wildman–Crippen LogP) is 2.45. The molecule has 0 radical (unpaired) electrons. The molecular formula is C8H21NSi. The average Bonchev–Trinajstić information content (AvgIpc) is 1.61. The quantitative estimate of drug-likeness (QED) is 0.615. The molecule has 0 aliphatic heterocycles. The van der Waals surface area contributed by atoms with Crippen molar-refractivity contribution in [3.63, 3.8) is 0 Å². The van der Waals surface area contributed by atoms with Gasteiger partial charge < -0.3 is 5.73 Å². The van der Waals surface area contributed by atoms with Gasteiger partial charge in [-0.15, -0.1) is 0 Å². The summed E-state index contributed by atoms with van der Waals surface area (Å²) in [6, 6.07) is 1.25. The molecule has 0 bridgehead atoms. The van der Waals surface area contributed by atoms with Crippen molar-refractivity contribution in [1.29, 1.82) is 0 Å². The van der Waals surface area contributed by atoms with Gasteiger partial charge in [0.05, 0.1) is 8.07 Å². The van der Waals surface area contributed by atoms with Crippen LogP contribution in [0.5, 0.6) is 0 Å². The molecule has 0 aliphatic carbocycles. The normalized spacial score (nSPS) is 13.8. The van der Waals surface area contributed by atoms with E-state index in [9.17, 15) is 0 Å². The molecule has 0 rings (SSSR count). The highest BCUT2D eigenvalue weighted by atomic mass is 28.3. The Bertz CT molecular complexity index is 102. The fraction of sp³-hybridized carbons (Fsp3) is 1.00. The minimum Gasteiger partial charge on any atom is -0.331 e. The first kappa shape index (κ1) is 10.2. The Labute approximate surface area is 66.0 Å². The van der Waals surface area contributed by atoms with E-state index in [4.69, 9.17) is 5.73 Å². The van der Waals surface area contributed by atoms with Crippen molar-refractivity contribution in [3.05, 3.63) is 0 Å². The van der Waals surface area contributed by atoms with Crippen LogP contribution in [0.25, 0.3) is 0 Å². The molecule has 62 valence electrons. The molecule has 0 saturated carbocycles. The smallest absolute Gasteiger partial charge is 0.0540 e. The van der Waals surface area contributed by atoms with Crippen LogP contribution in [-0.4, -0.2) is 14.6 Å². The fourth-order valence-electron chi connectivity index (χ4n) is 0.736. The first-order chi connectivity index (χ1) is 4.31. The molecule has 0 aliphatic rings. The molecule has 0 amide bonds. The zero-order valence-electron chi connectivity index (χ0n) is 7.99. The molecule has 0 unspecified atom stereocenters. The Hall–Kier alpha value is 0.177. The van der Waals surface area contributed by atoms with E-state index >= 15 is 0 Å². The number of hydrogen-bond donors (Lipinski definition) is 1. The molecule has 2 heteroatoms. The number of hydrogen-bond acceptors (Lipinski definition) is 1. The molecule has 0 aromatic heterocycles. The Morgan fingerprint density at radius 3 is 1.70 bits per heavy atom. The summed E-state index contributed by atoms with van der Waals surface area (Å²) in [6.45, 7) is 12.7. The Morgan fingerprint density at radius 1 is 1.20 bits per heavy atom. The lowest BCUT2D eigenvalue weighted by Gasteiger charge is -2.36. The summed E-state index contributed by atoms with van der Waals surface area (Å²) in [7, 11) is -1.03. The van der Waals surface area contributed by atoms with Gasteiger partial charge in [0.15, 0.2) is 0 Å². The first-order valence-corrected chi connectivity index (χ1v) is 7.22. The second kappa shape index (κ2) is 3.05. The van der Waals surface area contributed by atoms with E-state index in [2.05, 4.69) is 33.9 Å². The van der Waals surface area contributed by atoms with Crippen molar-refractivity contribution in [2.24, 2.45) is 5.73 Å². The highest BCUT2D eigenvalue weighted by Crippen LogP contribution is 2.37. The van der Waals surface area contributed by atoms with E-state index in [1.165, 1.54) is 6.04 Å². The van der Waals surface area contributed by atoms with E-state index in [1.54, 1.807) is 0 Å². The van der Waals surface area contributed by atoms with Gasteiger partial charge in [-0.05, 0) is 17.6 Å². The molecule has 2 N–H and O–H groups in total. The van der Waals surface area contributed by atoms with Gasteiger partial charge in [-0.25, -0.2) is 0 Å². The van der Waals surface area contributed by atoms with Gasteiger partial charge >= 0.3 is 0 Å². The molecule has 0 atom stereocenters. The van der Waals surface area contributed by atoms with Gasteiger partial charge in [0, 0.05) is 0 Å². The Morgan fingerprint density at radius 2 is 1.60 bits per heavy atom. The van der Waals surface area contributed by atoms with Crippen molar-refractivity contribution in [1.82, 2.24) is 0 Å². The summed E-state index contributed by atoms with van der Waals surface area (Å²) in [4.78, 5) is 0. The fourth-order valence-corrected chi connectivity index (χ4v) is 2.21. The molecule has 0 heterocycles. The predicted molar refractivity (Wildman–Crippen MR) is 51.1 cm³/mol. The average molecular weight is 159 g/mol. The van der Waals surface area contributed by atoms with Crippen LogP contribution in [0, 0.1) is 0 Å². The maximum absolute atomic E-state index is 5.55. The summed E-state index contributed by atoms with van der Waals surface area (Å²) >= 11 is 0. The third-order valence-corrected chi connectivity index (χ3v) is 8.40. The van der Waals surface area contributed by atoms with Crippen LogP contribution in [-0.2, 0) is 0 Å². The maximum atomic E-state index is 5.55. The Kier molecular flexibility index (Phi) is 3.11. The summed E-state index contributed by atoms with van der Waals surface area (Å²) in [5.41, 5.74) is 5.55. The SMILES string of the molecule is CC(C)(C)[Si](C)(C)CCN. The molecule has 10 heavy (non-hydrogen) atoms. The minimum atomic E-state index is -1.03. The van der Waals surface area contributed by atoms with Crippen LogP contribution >= 0.6 is 0 Å². The van der Waals surface area contributed by atoms with E-state index in [1.807, 2.05) is 0 Å². The lowest BCUT2D eigenvalue weighted by atomic mass is 10.2. The largest absolute Gasteiger partial charge is 0.331 e. The zero-order chi connectivity index (χ0) is 8.41. The van der Waals surface area contributed by atoms with Gasteiger partial charge in [-0.1, -0.05) is 33.9 Å². The summed E-state index contributed by atoms with van der Waals surface area (Å²) in [5.74, 6) is 0. The van der Waals surface area contributed by atoms with Crippen molar-refractivity contribution in [3.8, 4) is 0 Å². The van der Waals surface area contributed by atoms with Crippen molar-refractivity contribution in [2.75, 3.05) is 6.54 Å². The summed E-state index contributed by atoms with van der Waals surface area (Å²) in [5, 5.41) is 0.506. The van der Waals surface area contributed by atoms with Gasteiger partial charge in [0.2, 0.25) is 0 Å². The third kappa shape index (κ3) is 2.43. The van der Waals surface area contributed by atoms with Crippen LogP contribution in [0.3, 0.4) is 0 Å². The van der Waals surface area contributed by atoms with Gasteiger partial charge in [-0.3, -0.25) is 0 Å². The Balaban J connectivity index is 4.10. The second-order valence-corrected chi connectivity index (χ2v) is 10.4. The van der Waals surface area contributed by atoms with Crippen LogP contribution in [0.4, 0.5) is 0 Å². The minimum absolute atomic E-state index is 0.506. The van der Waals surface area contributed by atoms with Crippen LogP contribution < -0.4 is 5.73 Å². The highest BCUT2D eigenvalue weighted by molar-refractivity contribution is 6.80. The number of nitrogens with two attached hydrogens (primary N) is 1. The standard InChI is InChI=1S/C8H21NSi/c1-8(2,3)10(4,5)7-6-9/h6-7,9H2,1-5H3. The van der Waals surface area contributed by atoms with Crippen LogP contribution in [0.2, 0.25) is 24.2 Å². The van der Waals surface area contributed by atoms with E-state index in [0.29, 0.717) is 5.04 Å². The summed E-state index contributed by atoms with van der Waals surface area (Å²) in [6.07, 6.45) is 0. The second-order valence-electron chi connectivity index (χ2n) is 4.67. The van der Waals surface area contributed by atoms with Gasteiger partial charge in [0.1, 0.15) is 0 Å². The zero-order valence-corrected chi connectivity index (χ0v) is 8.99. The first-order valence-electron chi connectivity index (χ1n) is 4.01. The van der Waals surface area contributed by atoms with Crippen LogP contribution in [0.15, 0.2) is 0 Å². The van der Waals surface area contributed by atoms with Gasteiger partial charge in [0.25, 0.3) is 0 Å². The lowest BCUT2D eigenvalue weighted by molar-refractivity contribution is 0.712. The summed E-state index contributed by atoms with van der Waals surface area (Å²) < 4.78 is 0. The van der Waals surface area contributed by atoms with E-state index in [-0.39, 0.29) is 0 Å². The molecule has 0 fully saturated rings. The maximum Gasteiger partial charge on any atom is 0.0540 e. The third-order valence-electron chi connectivity index (χ3n) is 2.80. The molecule has 1 nitrogen and oxygen atoms in total. The molecule has 0 spiro atoms. The molecular weight excluding hydrogens is 138 g/mol. The van der Waals surface area contributed by atoms with Crippen LogP contribution in [0.1, 0.15) is 20.8 Å². The monoisotopic (exact) mass is 159 g/mol.